The zero-order valence-electron chi connectivity index (χ0n) is 16.8. The van der Waals surface area contributed by atoms with Gasteiger partial charge in [0.25, 0.3) is 0 Å². The average Bonchev–Trinajstić information content (AvgIpc) is 2.59. The Morgan fingerprint density at radius 3 is 2.50 bits per heavy atom. The Bertz CT molecular complexity index is 579. The van der Waals surface area contributed by atoms with Crippen LogP contribution in [0.3, 0.4) is 0 Å². The van der Waals surface area contributed by atoms with Gasteiger partial charge in [0.2, 0.25) is 5.91 Å². The molecule has 0 aromatic heterocycles. The van der Waals surface area contributed by atoms with Crippen LogP contribution in [0.25, 0.3) is 0 Å². The van der Waals surface area contributed by atoms with Crippen LogP contribution in [0.5, 0.6) is 0 Å². The van der Waals surface area contributed by atoms with Crippen LogP contribution >= 0.6 is 0 Å². The first-order valence-electron chi connectivity index (χ1n) is 10.00. The topological polar surface area (TPSA) is 41.1 Å². The maximum Gasteiger partial charge on any atom is 0.216 e. The fourth-order valence-electron chi connectivity index (χ4n) is 4.08. The summed E-state index contributed by atoms with van der Waals surface area (Å²) in [6, 6.07) is 6.91. The van der Waals surface area contributed by atoms with Crippen molar-refractivity contribution in [3.05, 3.63) is 35.6 Å². The molecule has 1 aliphatic rings. The minimum absolute atomic E-state index is 0.0740. The standard InChI is InChI=1S/C22H35FN2O/c1-16(20-6-5-7-21(23)12-20)14-25-22(3,4)13-18-8-10-19(11-9-18)15-24-17(2)26/h5-7,12,16,18-19,25H,8-11,13-15H2,1-4H3,(H,24,26)/t16-,18?,19?/m0/s1. The number of hydrogen-bond donors (Lipinski definition) is 2. The van der Waals surface area contributed by atoms with E-state index in [1.807, 2.05) is 6.07 Å². The Labute approximate surface area is 158 Å². The average molecular weight is 363 g/mol. The molecule has 2 rings (SSSR count). The van der Waals surface area contributed by atoms with Gasteiger partial charge < -0.3 is 10.6 Å². The van der Waals surface area contributed by atoms with Gasteiger partial charge in [-0.25, -0.2) is 4.39 Å². The highest BCUT2D eigenvalue weighted by atomic mass is 19.1. The molecule has 1 saturated carbocycles. The van der Waals surface area contributed by atoms with E-state index in [4.69, 9.17) is 0 Å². The molecule has 0 unspecified atom stereocenters. The van der Waals surface area contributed by atoms with Crippen LogP contribution in [0.4, 0.5) is 4.39 Å². The van der Waals surface area contributed by atoms with Crippen molar-refractivity contribution < 1.29 is 9.18 Å². The summed E-state index contributed by atoms with van der Waals surface area (Å²) in [6.07, 6.45) is 6.07. The van der Waals surface area contributed by atoms with Crippen molar-refractivity contribution in [3.63, 3.8) is 0 Å². The van der Waals surface area contributed by atoms with E-state index in [2.05, 4.69) is 31.4 Å². The number of nitrogens with one attached hydrogen (secondary N) is 2. The molecule has 1 atom stereocenters. The predicted molar refractivity (Wildman–Crippen MR) is 106 cm³/mol. The zero-order valence-corrected chi connectivity index (χ0v) is 16.8. The lowest BCUT2D eigenvalue weighted by Gasteiger charge is -2.36. The van der Waals surface area contributed by atoms with Crippen molar-refractivity contribution in [2.45, 2.75) is 71.3 Å². The van der Waals surface area contributed by atoms with Crippen molar-refractivity contribution in [2.24, 2.45) is 11.8 Å². The van der Waals surface area contributed by atoms with Crippen molar-refractivity contribution in [1.29, 1.82) is 0 Å². The molecular weight excluding hydrogens is 327 g/mol. The third kappa shape index (κ3) is 7.06. The van der Waals surface area contributed by atoms with Crippen LogP contribution in [0, 0.1) is 17.7 Å². The van der Waals surface area contributed by atoms with Crippen molar-refractivity contribution >= 4 is 5.91 Å². The first-order valence-corrected chi connectivity index (χ1v) is 10.00. The molecule has 4 heteroatoms. The van der Waals surface area contributed by atoms with Gasteiger partial charge in [0.1, 0.15) is 5.82 Å². The first-order chi connectivity index (χ1) is 12.2. The number of hydrogen-bond acceptors (Lipinski definition) is 2. The smallest absolute Gasteiger partial charge is 0.216 e. The Hall–Kier alpha value is -1.42. The summed E-state index contributed by atoms with van der Waals surface area (Å²) in [5.41, 5.74) is 1.13. The Kier molecular flexibility index (Phi) is 7.63. The summed E-state index contributed by atoms with van der Waals surface area (Å²) in [5.74, 6) is 1.59. The molecule has 0 heterocycles. The lowest BCUT2D eigenvalue weighted by atomic mass is 9.76. The second-order valence-electron chi connectivity index (χ2n) is 8.75. The van der Waals surface area contributed by atoms with E-state index in [-0.39, 0.29) is 17.3 Å². The third-order valence-electron chi connectivity index (χ3n) is 5.71. The van der Waals surface area contributed by atoms with Crippen LogP contribution < -0.4 is 10.6 Å². The van der Waals surface area contributed by atoms with Gasteiger partial charge in [0.15, 0.2) is 0 Å². The number of rotatable bonds is 8. The molecule has 3 nitrogen and oxygen atoms in total. The SMILES string of the molecule is CC(=O)NCC1CCC(CC(C)(C)NC[C@H](C)c2cccc(F)c2)CC1. The van der Waals surface area contributed by atoms with Gasteiger partial charge in [-0.05, 0) is 68.6 Å². The highest BCUT2D eigenvalue weighted by molar-refractivity contribution is 5.72. The van der Waals surface area contributed by atoms with Crippen LogP contribution in [0.2, 0.25) is 0 Å². The van der Waals surface area contributed by atoms with Gasteiger partial charge in [-0.15, -0.1) is 0 Å². The molecule has 0 saturated heterocycles. The van der Waals surface area contributed by atoms with E-state index >= 15 is 0 Å². The van der Waals surface area contributed by atoms with Crippen molar-refractivity contribution in [3.8, 4) is 0 Å². The molecule has 146 valence electrons. The minimum atomic E-state index is -0.162. The van der Waals surface area contributed by atoms with Crippen LogP contribution in [-0.2, 0) is 4.79 Å². The molecule has 0 bridgehead atoms. The number of carbonyl (C=O) groups is 1. The van der Waals surface area contributed by atoms with E-state index in [1.165, 1.54) is 31.7 Å². The van der Waals surface area contributed by atoms with Crippen molar-refractivity contribution in [1.82, 2.24) is 10.6 Å². The van der Waals surface area contributed by atoms with Crippen LogP contribution in [0.1, 0.15) is 71.3 Å². The maximum absolute atomic E-state index is 13.4. The third-order valence-corrected chi connectivity index (χ3v) is 5.71. The molecule has 1 amide bonds. The molecule has 0 radical (unpaired) electrons. The maximum atomic E-state index is 13.4. The molecular formula is C22H35FN2O. The summed E-state index contributed by atoms with van der Waals surface area (Å²) in [4.78, 5) is 11.0. The second-order valence-corrected chi connectivity index (χ2v) is 8.75. The van der Waals surface area contributed by atoms with Crippen molar-refractivity contribution in [2.75, 3.05) is 13.1 Å². The minimum Gasteiger partial charge on any atom is -0.356 e. The monoisotopic (exact) mass is 362 g/mol. The number of amides is 1. The predicted octanol–water partition coefficient (Wildman–Crippen LogP) is 4.63. The Morgan fingerprint density at radius 1 is 1.23 bits per heavy atom. The molecule has 26 heavy (non-hydrogen) atoms. The Balaban J connectivity index is 1.74. The van der Waals surface area contributed by atoms with Gasteiger partial charge >= 0.3 is 0 Å². The van der Waals surface area contributed by atoms with Gasteiger partial charge in [0.05, 0.1) is 0 Å². The normalized spacial score (nSPS) is 22.0. The second kappa shape index (κ2) is 9.50. The van der Waals surface area contributed by atoms with E-state index in [0.29, 0.717) is 11.8 Å². The highest BCUT2D eigenvalue weighted by Gasteiger charge is 2.27. The van der Waals surface area contributed by atoms with E-state index in [0.717, 1.165) is 31.0 Å². The van der Waals surface area contributed by atoms with Gasteiger partial charge in [0, 0.05) is 25.6 Å². The molecule has 1 aromatic rings. The number of carbonyl (C=O) groups excluding carboxylic acids is 1. The number of halogens is 1. The first kappa shape index (κ1) is 20.9. The summed E-state index contributed by atoms with van der Waals surface area (Å²) < 4.78 is 13.4. The summed E-state index contributed by atoms with van der Waals surface area (Å²) >= 11 is 0. The molecule has 0 aliphatic heterocycles. The largest absolute Gasteiger partial charge is 0.356 e. The summed E-state index contributed by atoms with van der Waals surface area (Å²) in [6.45, 7) is 9.96. The summed E-state index contributed by atoms with van der Waals surface area (Å²) in [5, 5.41) is 6.65. The highest BCUT2D eigenvalue weighted by Crippen LogP contribution is 2.33. The molecule has 1 aliphatic carbocycles. The number of benzene rings is 1. The zero-order chi connectivity index (χ0) is 19.2. The molecule has 1 aromatic carbocycles. The van der Waals surface area contributed by atoms with Crippen LogP contribution in [0.15, 0.2) is 24.3 Å². The molecule has 0 spiro atoms. The van der Waals surface area contributed by atoms with Gasteiger partial charge in [-0.1, -0.05) is 31.9 Å². The lowest BCUT2D eigenvalue weighted by molar-refractivity contribution is -0.119. The summed E-state index contributed by atoms with van der Waals surface area (Å²) in [7, 11) is 0. The van der Waals surface area contributed by atoms with Gasteiger partial charge in [-0.2, -0.15) is 0 Å². The molecule has 2 N–H and O–H groups in total. The fourth-order valence-corrected chi connectivity index (χ4v) is 4.08. The van der Waals surface area contributed by atoms with Gasteiger partial charge in [-0.3, -0.25) is 4.79 Å². The fraction of sp³-hybridized carbons (Fsp3) is 0.682. The van der Waals surface area contributed by atoms with E-state index in [1.54, 1.807) is 19.1 Å². The molecule has 1 fully saturated rings. The quantitative estimate of drug-likeness (QED) is 0.708. The lowest BCUT2D eigenvalue weighted by Crippen LogP contribution is -2.43. The van der Waals surface area contributed by atoms with Crippen LogP contribution in [-0.4, -0.2) is 24.5 Å². The van der Waals surface area contributed by atoms with E-state index in [9.17, 15) is 9.18 Å². The Morgan fingerprint density at radius 2 is 1.88 bits per heavy atom. The van der Waals surface area contributed by atoms with E-state index < -0.39 is 0 Å².